The summed E-state index contributed by atoms with van der Waals surface area (Å²) < 4.78 is 0.911. The van der Waals surface area contributed by atoms with Crippen molar-refractivity contribution in [2.75, 3.05) is 51.2 Å². The second-order valence-electron chi connectivity index (χ2n) is 5.90. The van der Waals surface area contributed by atoms with Crippen molar-refractivity contribution in [1.82, 2.24) is 14.8 Å². The van der Waals surface area contributed by atoms with Gasteiger partial charge in [0, 0.05) is 45.3 Å². The first-order chi connectivity index (χ1) is 9.72. The molecule has 0 unspecified atom stereocenters. The van der Waals surface area contributed by atoms with Crippen molar-refractivity contribution in [2.45, 2.75) is 18.9 Å². The Bertz CT molecular complexity index is 420. The number of aromatic nitrogens is 1. The third kappa shape index (κ3) is 3.32. The Hall–Kier alpha value is -0.650. The molecule has 4 nitrogen and oxygen atoms in total. The number of halogens is 1. The molecule has 0 atom stereocenters. The van der Waals surface area contributed by atoms with E-state index in [1.807, 2.05) is 12.3 Å². The normalized spacial score (nSPS) is 23.2. The molecular formula is C15H23BrN4. The molecule has 0 radical (unpaired) electrons. The van der Waals surface area contributed by atoms with Gasteiger partial charge >= 0.3 is 0 Å². The number of hydrogen-bond donors (Lipinski definition) is 0. The first-order valence-electron chi connectivity index (χ1n) is 7.51. The fourth-order valence-electron chi connectivity index (χ4n) is 3.23. The van der Waals surface area contributed by atoms with Crippen molar-refractivity contribution in [3.8, 4) is 0 Å². The summed E-state index contributed by atoms with van der Waals surface area (Å²) >= 11 is 3.40. The van der Waals surface area contributed by atoms with E-state index in [9.17, 15) is 0 Å². The van der Waals surface area contributed by atoms with Crippen LogP contribution in [-0.4, -0.2) is 67.1 Å². The molecule has 1 aromatic rings. The second-order valence-corrected chi connectivity index (χ2v) is 6.71. The van der Waals surface area contributed by atoms with Crippen molar-refractivity contribution >= 4 is 21.6 Å². The molecule has 2 fully saturated rings. The number of anilines is 1. The molecule has 0 aromatic carbocycles. The lowest BCUT2D eigenvalue weighted by Gasteiger charge is -2.42. The standard InChI is InChI=1S/C15H23BrN4/c1-18-8-10-20(11-9-18)13-4-6-19(7-5-13)14-2-3-15(16)17-12-14/h2-3,12-13H,4-11H2,1H3. The first-order valence-corrected chi connectivity index (χ1v) is 8.31. The summed E-state index contributed by atoms with van der Waals surface area (Å²) in [4.78, 5) is 11.9. The van der Waals surface area contributed by atoms with Crippen molar-refractivity contribution < 1.29 is 0 Å². The summed E-state index contributed by atoms with van der Waals surface area (Å²) in [6.45, 7) is 7.22. The fourth-order valence-corrected chi connectivity index (χ4v) is 3.47. The Kier molecular flexibility index (Phi) is 4.58. The van der Waals surface area contributed by atoms with Crippen LogP contribution in [0.2, 0.25) is 0 Å². The van der Waals surface area contributed by atoms with Gasteiger partial charge in [-0.05, 0) is 48.0 Å². The SMILES string of the molecule is CN1CCN(C2CCN(c3ccc(Br)nc3)CC2)CC1. The molecule has 2 aliphatic heterocycles. The monoisotopic (exact) mass is 338 g/mol. The quantitative estimate of drug-likeness (QED) is 0.770. The molecule has 0 saturated carbocycles. The maximum atomic E-state index is 4.33. The summed E-state index contributed by atoms with van der Waals surface area (Å²) in [7, 11) is 2.22. The van der Waals surface area contributed by atoms with Gasteiger partial charge in [-0.2, -0.15) is 0 Å². The average molecular weight is 339 g/mol. The van der Waals surface area contributed by atoms with Gasteiger partial charge in [-0.15, -0.1) is 0 Å². The van der Waals surface area contributed by atoms with E-state index < -0.39 is 0 Å². The van der Waals surface area contributed by atoms with E-state index in [0.717, 1.165) is 23.7 Å². The van der Waals surface area contributed by atoms with Crippen molar-refractivity contribution in [1.29, 1.82) is 0 Å². The number of pyridine rings is 1. The minimum absolute atomic E-state index is 0.781. The van der Waals surface area contributed by atoms with Crippen LogP contribution in [0.3, 0.4) is 0 Å². The second kappa shape index (κ2) is 6.41. The van der Waals surface area contributed by atoms with E-state index in [1.54, 1.807) is 0 Å². The number of rotatable bonds is 2. The summed E-state index contributed by atoms with van der Waals surface area (Å²) in [6, 6.07) is 4.97. The topological polar surface area (TPSA) is 22.6 Å². The van der Waals surface area contributed by atoms with Crippen LogP contribution in [0.15, 0.2) is 22.9 Å². The molecule has 2 aliphatic rings. The van der Waals surface area contributed by atoms with E-state index in [-0.39, 0.29) is 0 Å². The van der Waals surface area contributed by atoms with Crippen LogP contribution in [0.5, 0.6) is 0 Å². The highest BCUT2D eigenvalue weighted by atomic mass is 79.9. The van der Waals surface area contributed by atoms with Crippen LogP contribution >= 0.6 is 15.9 Å². The van der Waals surface area contributed by atoms with Gasteiger partial charge in [0.2, 0.25) is 0 Å². The smallest absolute Gasteiger partial charge is 0.106 e. The van der Waals surface area contributed by atoms with E-state index in [1.165, 1.54) is 44.7 Å². The molecule has 0 bridgehead atoms. The maximum absolute atomic E-state index is 4.33. The summed E-state index contributed by atoms with van der Waals surface area (Å²) in [5.74, 6) is 0. The zero-order valence-corrected chi connectivity index (χ0v) is 13.7. The third-order valence-electron chi connectivity index (χ3n) is 4.60. The molecule has 20 heavy (non-hydrogen) atoms. The van der Waals surface area contributed by atoms with Crippen LogP contribution < -0.4 is 4.90 Å². The lowest BCUT2D eigenvalue weighted by Crippen LogP contribution is -2.52. The van der Waals surface area contributed by atoms with Crippen LogP contribution in [0.4, 0.5) is 5.69 Å². The number of hydrogen-bond acceptors (Lipinski definition) is 4. The van der Waals surface area contributed by atoms with E-state index >= 15 is 0 Å². The van der Waals surface area contributed by atoms with E-state index in [2.05, 4.69) is 48.7 Å². The fraction of sp³-hybridized carbons (Fsp3) is 0.667. The van der Waals surface area contributed by atoms with Gasteiger partial charge in [0.25, 0.3) is 0 Å². The van der Waals surface area contributed by atoms with Crippen molar-refractivity contribution in [3.63, 3.8) is 0 Å². The Morgan fingerprint density at radius 1 is 1.05 bits per heavy atom. The Morgan fingerprint density at radius 3 is 2.35 bits per heavy atom. The molecule has 110 valence electrons. The summed E-state index contributed by atoms with van der Waals surface area (Å²) in [5.41, 5.74) is 1.25. The Labute approximate surface area is 129 Å². The highest BCUT2D eigenvalue weighted by Gasteiger charge is 2.26. The number of nitrogens with zero attached hydrogens (tertiary/aromatic N) is 4. The highest BCUT2D eigenvalue weighted by Crippen LogP contribution is 2.23. The largest absolute Gasteiger partial charge is 0.370 e. The van der Waals surface area contributed by atoms with Crippen LogP contribution in [0, 0.1) is 0 Å². The zero-order valence-electron chi connectivity index (χ0n) is 12.1. The van der Waals surface area contributed by atoms with E-state index in [4.69, 9.17) is 0 Å². The minimum atomic E-state index is 0.781. The molecule has 0 spiro atoms. The maximum Gasteiger partial charge on any atom is 0.106 e. The average Bonchev–Trinajstić information content (AvgIpc) is 2.49. The number of likely N-dealkylation sites (N-methyl/N-ethyl adjacent to an activating group) is 1. The molecule has 0 amide bonds. The molecule has 3 rings (SSSR count). The number of piperazine rings is 1. The molecule has 0 N–H and O–H groups in total. The lowest BCUT2D eigenvalue weighted by molar-refractivity contribution is 0.0982. The Morgan fingerprint density at radius 2 is 1.75 bits per heavy atom. The summed E-state index contributed by atoms with van der Waals surface area (Å²) in [5, 5.41) is 0. The predicted octanol–water partition coefficient (Wildman–Crippen LogP) is 2.06. The minimum Gasteiger partial charge on any atom is -0.370 e. The van der Waals surface area contributed by atoms with Gasteiger partial charge in [-0.25, -0.2) is 4.98 Å². The van der Waals surface area contributed by atoms with Gasteiger partial charge in [-0.1, -0.05) is 0 Å². The molecular weight excluding hydrogens is 316 g/mol. The molecule has 3 heterocycles. The van der Waals surface area contributed by atoms with Gasteiger partial charge in [0.1, 0.15) is 4.60 Å². The lowest BCUT2D eigenvalue weighted by atomic mass is 10.0. The van der Waals surface area contributed by atoms with Crippen molar-refractivity contribution in [3.05, 3.63) is 22.9 Å². The van der Waals surface area contributed by atoms with Gasteiger partial charge < -0.3 is 9.80 Å². The van der Waals surface area contributed by atoms with E-state index in [0.29, 0.717) is 0 Å². The zero-order chi connectivity index (χ0) is 13.9. The number of piperidine rings is 1. The van der Waals surface area contributed by atoms with Gasteiger partial charge in [-0.3, -0.25) is 4.90 Å². The first kappa shape index (κ1) is 14.3. The molecule has 5 heteroatoms. The van der Waals surface area contributed by atoms with Crippen LogP contribution in [-0.2, 0) is 0 Å². The third-order valence-corrected chi connectivity index (χ3v) is 5.06. The molecule has 2 saturated heterocycles. The highest BCUT2D eigenvalue weighted by molar-refractivity contribution is 9.10. The summed E-state index contributed by atoms with van der Waals surface area (Å²) in [6.07, 6.45) is 4.53. The van der Waals surface area contributed by atoms with Gasteiger partial charge in [0.15, 0.2) is 0 Å². The Balaban J connectivity index is 1.53. The van der Waals surface area contributed by atoms with Crippen LogP contribution in [0.1, 0.15) is 12.8 Å². The predicted molar refractivity (Wildman–Crippen MR) is 86.2 cm³/mol. The van der Waals surface area contributed by atoms with Crippen molar-refractivity contribution in [2.24, 2.45) is 0 Å². The van der Waals surface area contributed by atoms with Gasteiger partial charge in [0.05, 0.1) is 11.9 Å². The molecule has 0 aliphatic carbocycles. The van der Waals surface area contributed by atoms with Crippen LogP contribution in [0.25, 0.3) is 0 Å². The molecule has 1 aromatic heterocycles.